The third kappa shape index (κ3) is 2.63. The molecule has 3 aromatic rings. The number of carbonyl (C=O) groups excluding carboxylic acids is 1. The number of rotatable bonds is 4. The Kier molecular flexibility index (Phi) is 3.71. The first-order chi connectivity index (χ1) is 11.8. The van der Waals surface area contributed by atoms with E-state index in [1.54, 1.807) is 6.20 Å². The van der Waals surface area contributed by atoms with Gasteiger partial charge in [-0.25, -0.2) is 4.98 Å². The van der Waals surface area contributed by atoms with Gasteiger partial charge in [-0.3, -0.25) is 4.79 Å². The van der Waals surface area contributed by atoms with Crippen LogP contribution in [-0.4, -0.2) is 15.8 Å². The van der Waals surface area contributed by atoms with E-state index >= 15 is 0 Å². The molecule has 0 fully saturated rings. The van der Waals surface area contributed by atoms with E-state index in [9.17, 15) is 4.79 Å². The standard InChI is InChI=1S/C20H17N3O/c24-20-17-11-5-4-10-16(17)19(22-18-12-6-7-13-21-18)23(20)14-15-8-2-1-3-9-15/h1-13,19H,14H2,(H,21,22). The van der Waals surface area contributed by atoms with E-state index in [0.717, 1.165) is 22.5 Å². The number of amides is 1. The van der Waals surface area contributed by atoms with E-state index in [1.807, 2.05) is 77.7 Å². The Morgan fingerprint density at radius 1 is 0.917 bits per heavy atom. The van der Waals surface area contributed by atoms with Gasteiger partial charge in [-0.15, -0.1) is 0 Å². The van der Waals surface area contributed by atoms with Crippen LogP contribution < -0.4 is 5.32 Å². The summed E-state index contributed by atoms with van der Waals surface area (Å²) in [6.07, 6.45) is 1.52. The molecule has 2 aromatic carbocycles. The molecule has 4 nitrogen and oxygen atoms in total. The average molecular weight is 315 g/mol. The van der Waals surface area contributed by atoms with Crippen LogP contribution in [0.3, 0.4) is 0 Å². The number of fused-ring (bicyclic) bond motifs is 1. The van der Waals surface area contributed by atoms with Crippen LogP contribution in [-0.2, 0) is 6.54 Å². The van der Waals surface area contributed by atoms with Crippen molar-refractivity contribution in [1.29, 1.82) is 0 Å². The van der Waals surface area contributed by atoms with E-state index < -0.39 is 0 Å². The Labute approximate surface area is 140 Å². The Morgan fingerprint density at radius 3 is 2.46 bits per heavy atom. The molecule has 0 radical (unpaired) electrons. The second kappa shape index (κ2) is 6.16. The summed E-state index contributed by atoms with van der Waals surface area (Å²) in [5, 5.41) is 3.39. The lowest BCUT2D eigenvalue weighted by atomic mass is 10.1. The fraction of sp³-hybridized carbons (Fsp3) is 0.100. The molecule has 0 aliphatic carbocycles. The van der Waals surface area contributed by atoms with Crippen LogP contribution in [0, 0.1) is 0 Å². The van der Waals surface area contributed by atoms with Crippen molar-refractivity contribution in [2.45, 2.75) is 12.7 Å². The van der Waals surface area contributed by atoms with Gasteiger partial charge in [-0.05, 0) is 23.8 Å². The molecule has 1 amide bonds. The van der Waals surface area contributed by atoms with Crippen molar-refractivity contribution in [1.82, 2.24) is 9.88 Å². The Balaban J connectivity index is 1.69. The van der Waals surface area contributed by atoms with Gasteiger partial charge in [0.15, 0.2) is 0 Å². The highest BCUT2D eigenvalue weighted by molar-refractivity contribution is 5.99. The number of aromatic nitrogens is 1. The van der Waals surface area contributed by atoms with Gasteiger partial charge < -0.3 is 10.2 Å². The SMILES string of the molecule is O=C1c2ccccc2C(Nc2ccccn2)N1Cc1ccccc1. The van der Waals surface area contributed by atoms with Gasteiger partial charge in [0.1, 0.15) is 12.0 Å². The first-order valence-electron chi connectivity index (χ1n) is 7.94. The molecule has 1 aromatic heterocycles. The molecule has 0 spiro atoms. The summed E-state index contributed by atoms with van der Waals surface area (Å²) in [4.78, 5) is 19.1. The molecule has 0 saturated heterocycles. The van der Waals surface area contributed by atoms with Crippen molar-refractivity contribution in [3.05, 3.63) is 95.7 Å². The largest absolute Gasteiger partial charge is 0.346 e. The minimum absolute atomic E-state index is 0.0443. The number of hydrogen-bond donors (Lipinski definition) is 1. The zero-order valence-corrected chi connectivity index (χ0v) is 13.1. The number of nitrogens with one attached hydrogen (secondary N) is 1. The number of anilines is 1. The summed E-state index contributed by atoms with van der Waals surface area (Å²) in [5.41, 5.74) is 2.84. The molecule has 4 heteroatoms. The summed E-state index contributed by atoms with van der Waals surface area (Å²) in [5.74, 6) is 0.799. The summed E-state index contributed by atoms with van der Waals surface area (Å²) in [6, 6.07) is 23.5. The average Bonchev–Trinajstić information content (AvgIpc) is 2.90. The predicted molar refractivity (Wildman–Crippen MR) is 93.4 cm³/mol. The first kappa shape index (κ1) is 14.5. The fourth-order valence-electron chi connectivity index (χ4n) is 3.06. The summed E-state index contributed by atoms with van der Waals surface area (Å²) >= 11 is 0. The van der Waals surface area contributed by atoms with Gasteiger partial charge in [0.05, 0.1) is 0 Å². The van der Waals surface area contributed by atoms with Crippen LogP contribution in [0.5, 0.6) is 0 Å². The Bertz CT molecular complexity index is 849. The van der Waals surface area contributed by atoms with Gasteiger partial charge >= 0.3 is 0 Å². The molecule has 2 heterocycles. The van der Waals surface area contributed by atoms with E-state index in [2.05, 4.69) is 10.3 Å². The van der Waals surface area contributed by atoms with Gasteiger partial charge in [0.2, 0.25) is 0 Å². The molecular formula is C20H17N3O. The van der Waals surface area contributed by atoms with Gasteiger partial charge in [0.25, 0.3) is 5.91 Å². The van der Waals surface area contributed by atoms with Crippen molar-refractivity contribution in [3.63, 3.8) is 0 Å². The minimum atomic E-state index is -0.219. The first-order valence-corrected chi connectivity index (χ1v) is 7.94. The molecule has 1 atom stereocenters. The molecule has 24 heavy (non-hydrogen) atoms. The Morgan fingerprint density at radius 2 is 1.67 bits per heavy atom. The maximum absolute atomic E-state index is 12.9. The fourth-order valence-corrected chi connectivity index (χ4v) is 3.06. The second-order valence-electron chi connectivity index (χ2n) is 5.77. The highest BCUT2D eigenvalue weighted by Crippen LogP contribution is 2.35. The van der Waals surface area contributed by atoms with Gasteiger partial charge in [0, 0.05) is 23.9 Å². The number of nitrogens with zero attached hydrogens (tertiary/aromatic N) is 2. The molecule has 118 valence electrons. The molecule has 0 bridgehead atoms. The molecule has 0 saturated carbocycles. The van der Waals surface area contributed by atoms with Crippen LogP contribution in [0.2, 0.25) is 0 Å². The lowest BCUT2D eigenvalue weighted by Gasteiger charge is -2.26. The number of hydrogen-bond acceptors (Lipinski definition) is 3. The molecular weight excluding hydrogens is 298 g/mol. The maximum Gasteiger partial charge on any atom is 0.256 e. The summed E-state index contributed by atoms with van der Waals surface area (Å²) in [6.45, 7) is 0.554. The van der Waals surface area contributed by atoms with Gasteiger partial charge in [-0.2, -0.15) is 0 Å². The second-order valence-corrected chi connectivity index (χ2v) is 5.77. The molecule has 1 aliphatic rings. The van der Waals surface area contributed by atoms with Crippen molar-refractivity contribution in [2.75, 3.05) is 5.32 Å². The van der Waals surface area contributed by atoms with E-state index in [-0.39, 0.29) is 12.1 Å². The number of benzene rings is 2. The van der Waals surface area contributed by atoms with Crippen LogP contribution in [0.15, 0.2) is 79.0 Å². The molecule has 1 unspecified atom stereocenters. The zero-order chi connectivity index (χ0) is 16.4. The lowest BCUT2D eigenvalue weighted by Crippen LogP contribution is -2.32. The van der Waals surface area contributed by atoms with E-state index in [4.69, 9.17) is 0 Å². The third-order valence-electron chi connectivity index (χ3n) is 4.20. The van der Waals surface area contributed by atoms with E-state index in [0.29, 0.717) is 6.54 Å². The van der Waals surface area contributed by atoms with Crippen molar-refractivity contribution in [2.24, 2.45) is 0 Å². The highest BCUT2D eigenvalue weighted by Gasteiger charge is 2.36. The normalized spacial score (nSPS) is 16.1. The van der Waals surface area contributed by atoms with Crippen molar-refractivity contribution in [3.8, 4) is 0 Å². The minimum Gasteiger partial charge on any atom is -0.346 e. The highest BCUT2D eigenvalue weighted by atomic mass is 16.2. The molecule has 1 aliphatic heterocycles. The molecule has 1 N–H and O–H groups in total. The van der Waals surface area contributed by atoms with Gasteiger partial charge in [-0.1, -0.05) is 54.6 Å². The number of carbonyl (C=O) groups is 1. The lowest BCUT2D eigenvalue weighted by molar-refractivity contribution is 0.0728. The monoisotopic (exact) mass is 315 g/mol. The van der Waals surface area contributed by atoms with Crippen LogP contribution >= 0.6 is 0 Å². The summed E-state index contributed by atoms with van der Waals surface area (Å²) in [7, 11) is 0. The predicted octanol–water partition coefficient (Wildman–Crippen LogP) is 3.85. The van der Waals surface area contributed by atoms with Crippen LogP contribution in [0.1, 0.15) is 27.7 Å². The zero-order valence-electron chi connectivity index (χ0n) is 13.1. The maximum atomic E-state index is 12.9. The number of pyridine rings is 1. The summed E-state index contributed by atoms with van der Waals surface area (Å²) < 4.78 is 0. The third-order valence-corrected chi connectivity index (χ3v) is 4.20. The van der Waals surface area contributed by atoms with Crippen molar-refractivity contribution >= 4 is 11.7 Å². The Hall–Kier alpha value is -3.14. The van der Waals surface area contributed by atoms with Crippen LogP contribution in [0.25, 0.3) is 0 Å². The molecule has 4 rings (SSSR count). The quantitative estimate of drug-likeness (QED) is 0.795. The topological polar surface area (TPSA) is 45.2 Å². The van der Waals surface area contributed by atoms with Crippen molar-refractivity contribution < 1.29 is 4.79 Å². The van der Waals surface area contributed by atoms with E-state index in [1.165, 1.54) is 0 Å². The van der Waals surface area contributed by atoms with Crippen LogP contribution in [0.4, 0.5) is 5.82 Å². The smallest absolute Gasteiger partial charge is 0.256 e.